The van der Waals surface area contributed by atoms with Gasteiger partial charge in [0.05, 0.1) is 5.69 Å². The summed E-state index contributed by atoms with van der Waals surface area (Å²) in [5.74, 6) is 0.861. The zero-order chi connectivity index (χ0) is 55.9. The average molecular weight is 1040 g/mol. The summed E-state index contributed by atoms with van der Waals surface area (Å²) >= 11 is 0. The number of fused-ring (bicyclic) bond motifs is 7. The normalized spacial score (nSPS) is 15.6. The van der Waals surface area contributed by atoms with E-state index in [-0.39, 0.29) is 39.3 Å². The van der Waals surface area contributed by atoms with E-state index in [0.29, 0.717) is 0 Å². The molecular weight excluding hydrogens is 958 g/mol. The Hall–Kier alpha value is -7.24. The second-order valence-corrected chi connectivity index (χ2v) is 28.6. The molecule has 2 aliphatic heterocycles. The van der Waals surface area contributed by atoms with Crippen LogP contribution in [-0.2, 0) is 32.5 Å². The van der Waals surface area contributed by atoms with Crippen molar-refractivity contribution in [3.63, 3.8) is 0 Å². The van der Waals surface area contributed by atoms with Crippen LogP contribution in [-0.4, -0.2) is 6.85 Å². The number of hydrogen-bond donors (Lipinski definition) is 0. The molecule has 0 saturated heterocycles. The molecule has 9 aromatic rings. The van der Waals surface area contributed by atoms with Crippen LogP contribution in [0.3, 0.4) is 0 Å². The van der Waals surface area contributed by atoms with Crippen molar-refractivity contribution in [3.05, 3.63) is 203 Å². The van der Waals surface area contributed by atoms with Gasteiger partial charge in [-0.3, -0.25) is 4.90 Å². The average Bonchev–Trinajstić information content (AvgIpc) is 3.02. The molecule has 0 N–H and O–H groups in total. The lowest BCUT2D eigenvalue weighted by Gasteiger charge is -2.46. The molecule has 4 nitrogen and oxygen atoms in total. The summed E-state index contributed by atoms with van der Waals surface area (Å²) in [5.41, 5.74) is 24.1. The number of hydrogen-bond acceptors (Lipinski definition) is 4. The van der Waals surface area contributed by atoms with Gasteiger partial charge in [0.1, 0.15) is 5.58 Å². The van der Waals surface area contributed by atoms with Crippen molar-refractivity contribution in [2.24, 2.45) is 0 Å². The van der Waals surface area contributed by atoms with E-state index in [1.165, 1.54) is 77.9 Å². The zero-order valence-electron chi connectivity index (χ0n) is 49.9. The van der Waals surface area contributed by atoms with Crippen molar-refractivity contribution in [2.45, 2.75) is 156 Å². The fourth-order valence-electron chi connectivity index (χ4n) is 13.0. The molecule has 0 atom stereocenters. The highest BCUT2D eigenvalue weighted by Crippen LogP contribution is 2.54. The van der Waals surface area contributed by atoms with Crippen molar-refractivity contribution in [2.75, 3.05) is 14.6 Å². The molecule has 0 fully saturated rings. The van der Waals surface area contributed by atoms with E-state index in [0.717, 1.165) is 58.1 Å². The summed E-state index contributed by atoms with van der Waals surface area (Å²) in [6.07, 6.45) is 2.28. The van der Waals surface area contributed by atoms with Crippen LogP contribution in [0.5, 0.6) is 0 Å². The number of benzene rings is 8. The smallest absolute Gasteiger partial charge is 0.337 e. The maximum atomic E-state index is 7.48. The van der Waals surface area contributed by atoms with Crippen LogP contribution >= 0.6 is 0 Å². The lowest BCUT2D eigenvalue weighted by molar-refractivity contribution is 0.332. The van der Waals surface area contributed by atoms with Crippen LogP contribution in [0.4, 0.5) is 45.7 Å². The van der Waals surface area contributed by atoms with Gasteiger partial charge in [0, 0.05) is 56.1 Å². The number of para-hydroxylation sites is 1. The third-order valence-electron chi connectivity index (χ3n) is 18.0. The van der Waals surface area contributed by atoms with E-state index in [4.69, 9.17) is 4.42 Å². The van der Waals surface area contributed by atoms with Gasteiger partial charge >= 0.3 is 6.85 Å². The van der Waals surface area contributed by atoms with Crippen molar-refractivity contribution in [1.29, 1.82) is 0 Å². The molecule has 1 aliphatic carbocycles. The van der Waals surface area contributed by atoms with Crippen LogP contribution in [0.2, 0.25) is 0 Å². The van der Waals surface area contributed by atoms with Gasteiger partial charge in [-0.1, -0.05) is 208 Å². The summed E-state index contributed by atoms with van der Waals surface area (Å²) in [6, 6.07) is 65.2. The minimum Gasteiger partial charge on any atom is -0.440 e. The van der Waals surface area contributed by atoms with Gasteiger partial charge in [0.2, 0.25) is 5.88 Å². The fraction of sp³-hybridized carbons (Fsp3) is 0.324. The highest BCUT2D eigenvalue weighted by atomic mass is 16.4. The first-order valence-electron chi connectivity index (χ1n) is 29.0. The Labute approximate surface area is 472 Å². The summed E-state index contributed by atoms with van der Waals surface area (Å²) in [7, 11) is 0. The predicted molar refractivity (Wildman–Crippen MR) is 340 cm³/mol. The lowest BCUT2D eigenvalue weighted by atomic mass is 9.43. The van der Waals surface area contributed by atoms with Crippen LogP contribution in [0.15, 0.2) is 174 Å². The topological polar surface area (TPSA) is 22.9 Å². The molecule has 0 unspecified atom stereocenters. The van der Waals surface area contributed by atoms with Gasteiger partial charge in [-0.15, -0.1) is 0 Å². The van der Waals surface area contributed by atoms with Gasteiger partial charge in [0.25, 0.3) is 0 Å². The van der Waals surface area contributed by atoms with E-state index >= 15 is 0 Å². The molecule has 0 radical (unpaired) electrons. The van der Waals surface area contributed by atoms with Crippen molar-refractivity contribution < 1.29 is 4.42 Å². The quantitative estimate of drug-likeness (QED) is 0.155. The molecule has 8 aromatic carbocycles. The second kappa shape index (κ2) is 18.1. The largest absolute Gasteiger partial charge is 0.440 e. The summed E-state index contributed by atoms with van der Waals surface area (Å²) in [4.78, 5) is 7.67. The number of nitrogens with zero attached hydrogens (tertiary/aromatic N) is 3. The fourth-order valence-corrected chi connectivity index (χ4v) is 13.0. The Kier molecular flexibility index (Phi) is 12.1. The molecule has 79 heavy (non-hydrogen) atoms. The second-order valence-electron chi connectivity index (χ2n) is 28.6. The van der Waals surface area contributed by atoms with E-state index < -0.39 is 0 Å². The van der Waals surface area contributed by atoms with Crippen molar-refractivity contribution in [1.82, 2.24) is 0 Å². The summed E-state index contributed by atoms with van der Waals surface area (Å²) in [6.45, 7) is 37.3. The molecule has 0 spiro atoms. The van der Waals surface area contributed by atoms with E-state index in [9.17, 15) is 0 Å². The number of furan rings is 1. The predicted octanol–water partition coefficient (Wildman–Crippen LogP) is 19.8. The molecule has 3 aliphatic rings. The van der Waals surface area contributed by atoms with Gasteiger partial charge in [0.15, 0.2) is 0 Å². The molecule has 5 heteroatoms. The van der Waals surface area contributed by atoms with Crippen LogP contribution in [0.25, 0.3) is 33.2 Å². The minimum absolute atomic E-state index is 0.00877. The molecule has 400 valence electrons. The van der Waals surface area contributed by atoms with Crippen LogP contribution < -0.4 is 25.5 Å². The van der Waals surface area contributed by atoms with E-state index in [2.05, 4.69) is 295 Å². The molecule has 3 heterocycles. The maximum absolute atomic E-state index is 7.48. The maximum Gasteiger partial charge on any atom is 0.337 e. The van der Waals surface area contributed by atoms with Gasteiger partial charge in [-0.25, -0.2) is 0 Å². The van der Waals surface area contributed by atoms with E-state index in [1.54, 1.807) is 0 Å². The van der Waals surface area contributed by atoms with Crippen molar-refractivity contribution >= 4 is 74.4 Å². The molecule has 0 saturated carbocycles. The highest BCUT2D eigenvalue weighted by molar-refractivity contribution is 6.95. The number of anilines is 8. The van der Waals surface area contributed by atoms with E-state index in [1.807, 2.05) is 0 Å². The lowest BCUT2D eigenvalue weighted by Crippen LogP contribution is -2.61. The SMILES string of the molecule is CC(C)(C)c1ccc(N(c2ccc(C(C)(C)C)cc2)c2ccc3c(c2)N(c2ccc4c(c2)C(C)(C)CCC4(C)C)B2c4c-3cc(C(C)(C)C)cc4N(c3ccc(C(C)(C)C)cc3-c3ccccc3)c3oc4ccccc4c32)cc1. The molecule has 0 bridgehead atoms. The Balaban J connectivity index is 1.20. The van der Waals surface area contributed by atoms with Gasteiger partial charge in [-0.05, 0) is 168 Å². The Bertz CT molecular complexity index is 3770. The first kappa shape index (κ1) is 52.5. The first-order valence-corrected chi connectivity index (χ1v) is 29.0. The third kappa shape index (κ3) is 8.91. The zero-order valence-corrected chi connectivity index (χ0v) is 49.9. The molecule has 0 amide bonds. The summed E-state index contributed by atoms with van der Waals surface area (Å²) < 4.78 is 7.48. The Morgan fingerprint density at radius 1 is 0.430 bits per heavy atom. The van der Waals surface area contributed by atoms with Crippen LogP contribution in [0.1, 0.15) is 157 Å². The Morgan fingerprint density at radius 3 is 1.58 bits per heavy atom. The molecular formula is C74H80BN3O. The van der Waals surface area contributed by atoms with Crippen molar-refractivity contribution in [3.8, 4) is 22.3 Å². The van der Waals surface area contributed by atoms with Gasteiger partial charge < -0.3 is 14.1 Å². The monoisotopic (exact) mass is 1040 g/mol. The molecule has 1 aromatic heterocycles. The first-order chi connectivity index (χ1) is 37.2. The molecule has 12 rings (SSSR count). The van der Waals surface area contributed by atoms with Gasteiger partial charge in [-0.2, -0.15) is 0 Å². The standard InChI is InChI=1S/C74H80BN3O/c1-69(2,3)48-26-31-52(32-27-48)76(53-33-28-49(29-34-53)70(4,5)6)54-35-37-56-59-43-51(72(10,11)12)44-64-66(59)75(78(63(56)46-54)55-36-38-60-61(45-55)74(15,16)41-40-73(60,13)14)67-57-24-20-21-25-65(57)79-68(67)77(64)62-39-30-50(71(7,8)9)42-58(62)47-22-18-17-19-23-47/h17-39,42-46H,40-41H2,1-16H3. The minimum atomic E-state index is -0.256. The van der Waals surface area contributed by atoms with Crippen LogP contribution in [0, 0.1) is 0 Å². The number of rotatable bonds is 6. The summed E-state index contributed by atoms with van der Waals surface area (Å²) in [5, 5.41) is 1.13. The highest BCUT2D eigenvalue weighted by Gasteiger charge is 2.50. The third-order valence-corrected chi connectivity index (χ3v) is 18.0. The Morgan fingerprint density at radius 2 is 0.975 bits per heavy atom.